The fourth-order valence-corrected chi connectivity index (χ4v) is 3.93. The second-order valence-corrected chi connectivity index (χ2v) is 6.50. The van der Waals surface area contributed by atoms with Gasteiger partial charge in [0.05, 0.1) is 18.9 Å². The van der Waals surface area contributed by atoms with E-state index in [-0.39, 0.29) is 17.5 Å². The zero-order valence-corrected chi connectivity index (χ0v) is 13.8. The van der Waals surface area contributed by atoms with E-state index >= 15 is 0 Å². The van der Waals surface area contributed by atoms with Gasteiger partial charge in [-0.2, -0.15) is 0 Å². The van der Waals surface area contributed by atoms with Crippen molar-refractivity contribution in [3.8, 4) is 11.3 Å². The minimum absolute atomic E-state index is 0.207. The Kier molecular flexibility index (Phi) is 3.24. The van der Waals surface area contributed by atoms with Crippen molar-refractivity contribution >= 4 is 17.5 Å². The van der Waals surface area contributed by atoms with E-state index in [9.17, 15) is 19.5 Å². The number of ketones is 2. The molecule has 1 N–H and O–H groups in total. The molecule has 0 aliphatic heterocycles. The van der Waals surface area contributed by atoms with Gasteiger partial charge in [0.25, 0.3) is 0 Å². The Morgan fingerprint density at radius 1 is 1.24 bits per heavy atom. The standard InChI is InChI=1S/C19H16O6/c1-9-8-25-17-11-5-6-12-10(14(11)16(21)15(20)13(9)17)4-3-7-19(12,23)18(22)24-2/h5-6,8,23H,3-4,7H2,1-2H3. The van der Waals surface area contributed by atoms with Gasteiger partial charge in [0.2, 0.25) is 11.6 Å². The van der Waals surface area contributed by atoms with E-state index in [0.717, 1.165) is 0 Å². The number of ether oxygens (including phenoxy) is 1. The second-order valence-electron chi connectivity index (χ2n) is 6.50. The van der Waals surface area contributed by atoms with Gasteiger partial charge in [0.1, 0.15) is 5.76 Å². The molecule has 0 saturated carbocycles. The predicted octanol–water partition coefficient (Wildman–Crippen LogP) is 2.33. The van der Waals surface area contributed by atoms with Crippen LogP contribution in [0.5, 0.6) is 0 Å². The van der Waals surface area contributed by atoms with Gasteiger partial charge in [0, 0.05) is 11.1 Å². The first kappa shape index (κ1) is 15.8. The maximum atomic E-state index is 12.8. The van der Waals surface area contributed by atoms with Crippen LogP contribution in [0, 0.1) is 6.92 Å². The van der Waals surface area contributed by atoms with Crippen LogP contribution in [-0.4, -0.2) is 29.8 Å². The number of aliphatic hydroxyl groups is 1. The van der Waals surface area contributed by atoms with Crippen molar-refractivity contribution in [2.24, 2.45) is 0 Å². The lowest BCUT2D eigenvalue weighted by Gasteiger charge is -2.33. The van der Waals surface area contributed by atoms with Crippen LogP contribution in [0.4, 0.5) is 0 Å². The zero-order valence-electron chi connectivity index (χ0n) is 13.8. The van der Waals surface area contributed by atoms with E-state index in [1.54, 1.807) is 19.1 Å². The minimum Gasteiger partial charge on any atom is -0.467 e. The second kappa shape index (κ2) is 5.13. The largest absolute Gasteiger partial charge is 0.467 e. The molecule has 2 aliphatic carbocycles. The number of carbonyl (C=O) groups is 3. The molecule has 0 saturated heterocycles. The fraction of sp³-hybridized carbons (Fsp3) is 0.316. The van der Waals surface area contributed by atoms with E-state index in [2.05, 4.69) is 0 Å². The molecule has 0 amide bonds. The molecule has 2 aliphatic rings. The number of fused-ring (bicyclic) bond motifs is 5. The van der Waals surface area contributed by atoms with Gasteiger partial charge in [-0.15, -0.1) is 0 Å². The summed E-state index contributed by atoms with van der Waals surface area (Å²) in [5.41, 5.74) is 0.707. The number of benzene rings is 1. The lowest BCUT2D eigenvalue weighted by Crippen LogP contribution is -2.41. The average Bonchev–Trinajstić information content (AvgIpc) is 3.00. The molecular formula is C19H16O6. The third kappa shape index (κ3) is 1.91. The van der Waals surface area contributed by atoms with E-state index in [1.807, 2.05) is 0 Å². The maximum Gasteiger partial charge on any atom is 0.342 e. The summed E-state index contributed by atoms with van der Waals surface area (Å²) >= 11 is 0. The smallest absolute Gasteiger partial charge is 0.342 e. The molecule has 6 heteroatoms. The monoisotopic (exact) mass is 340 g/mol. The third-order valence-electron chi connectivity index (χ3n) is 5.13. The molecule has 1 unspecified atom stereocenters. The van der Waals surface area contributed by atoms with Crippen LogP contribution in [0.3, 0.4) is 0 Å². The molecule has 25 heavy (non-hydrogen) atoms. The number of Topliss-reactive ketones (excluding diaryl/α,β-unsaturated/α-hetero) is 2. The molecule has 1 atom stereocenters. The summed E-state index contributed by atoms with van der Waals surface area (Å²) in [4.78, 5) is 37.4. The topological polar surface area (TPSA) is 93.8 Å². The van der Waals surface area contributed by atoms with Crippen LogP contribution in [-0.2, 0) is 21.6 Å². The van der Waals surface area contributed by atoms with Gasteiger partial charge in [-0.25, -0.2) is 4.79 Å². The average molecular weight is 340 g/mol. The Morgan fingerprint density at radius 3 is 2.68 bits per heavy atom. The van der Waals surface area contributed by atoms with Crippen molar-refractivity contribution in [1.29, 1.82) is 0 Å². The first-order valence-electron chi connectivity index (χ1n) is 8.04. The van der Waals surface area contributed by atoms with Gasteiger partial charge in [0.15, 0.2) is 5.60 Å². The summed E-state index contributed by atoms with van der Waals surface area (Å²) in [7, 11) is 1.21. The van der Waals surface area contributed by atoms with Crippen molar-refractivity contribution < 1.29 is 28.6 Å². The third-order valence-corrected chi connectivity index (χ3v) is 5.13. The first-order chi connectivity index (χ1) is 11.9. The molecule has 6 nitrogen and oxygen atoms in total. The summed E-state index contributed by atoms with van der Waals surface area (Å²) in [6.07, 6.45) is 2.65. The molecule has 0 spiro atoms. The molecule has 1 heterocycles. The Morgan fingerprint density at radius 2 is 1.96 bits per heavy atom. The fourth-order valence-electron chi connectivity index (χ4n) is 3.93. The molecule has 128 valence electrons. The highest BCUT2D eigenvalue weighted by Gasteiger charge is 2.46. The van der Waals surface area contributed by atoms with E-state index in [4.69, 9.17) is 9.15 Å². The minimum atomic E-state index is -1.81. The number of hydrogen-bond donors (Lipinski definition) is 1. The number of rotatable bonds is 1. The summed E-state index contributed by atoms with van der Waals surface area (Å²) in [5.74, 6) is -1.64. The van der Waals surface area contributed by atoms with Crippen molar-refractivity contribution in [3.05, 3.63) is 46.2 Å². The molecule has 1 aromatic carbocycles. The van der Waals surface area contributed by atoms with Crippen molar-refractivity contribution in [2.45, 2.75) is 31.8 Å². The Hall–Kier alpha value is -2.73. The highest BCUT2D eigenvalue weighted by Crippen LogP contribution is 2.44. The summed E-state index contributed by atoms with van der Waals surface area (Å²) < 4.78 is 10.3. The van der Waals surface area contributed by atoms with Crippen LogP contribution in [0.15, 0.2) is 22.8 Å². The lowest BCUT2D eigenvalue weighted by molar-refractivity contribution is -0.165. The number of furan rings is 1. The summed E-state index contributed by atoms with van der Waals surface area (Å²) in [6, 6.07) is 3.24. The van der Waals surface area contributed by atoms with E-state index in [1.165, 1.54) is 13.4 Å². The molecule has 0 radical (unpaired) electrons. The Balaban J connectivity index is 2.02. The van der Waals surface area contributed by atoms with E-state index < -0.39 is 23.1 Å². The van der Waals surface area contributed by atoms with E-state index in [0.29, 0.717) is 40.9 Å². The Bertz CT molecular complexity index is 951. The zero-order chi connectivity index (χ0) is 17.9. The van der Waals surface area contributed by atoms with Crippen molar-refractivity contribution in [1.82, 2.24) is 0 Å². The molecule has 1 aromatic heterocycles. The maximum absolute atomic E-state index is 12.8. The number of esters is 1. The quantitative estimate of drug-likeness (QED) is 0.632. The molecule has 0 bridgehead atoms. The number of carbonyl (C=O) groups excluding carboxylic acids is 3. The Labute approximate surface area is 143 Å². The van der Waals surface area contributed by atoms with Gasteiger partial charge in [-0.05, 0) is 42.9 Å². The van der Waals surface area contributed by atoms with Gasteiger partial charge in [-0.3, -0.25) is 9.59 Å². The first-order valence-corrected chi connectivity index (χ1v) is 8.04. The van der Waals surface area contributed by atoms with Crippen molar-refractivity contribution in [3.63, 3.8) is 0 Å². The van der Waals surface area contributed by atoms with Crippen LogP contribution in [0.1, 0.15) is 50.2 Å². The van der Waals surface area contributed by atoms with Gasteiger partial charge in [-0.1, -0.05) is 12.1 Å². The highest BCUT2D eigenvalue weighted by molar-refractivity contribution is 6.53. The van der Waals surface area contributed by atoms with Crippen LogP contribution >= 0.6 is 0 Å². The van der Waals surface area contributed by atoms with Crippen molar-refractivity contribution in [2.75, 3.05) is 7.11 Å². The molecule has 4 rings (SSSR count). The van der Waals surface area contributed by atoms with Crippen LogP contribution in [0.2, 0.25) is 0 Å². The molecule has 0 fully saturated rings. The summed E-state index contributed by atoms with van der Waals surface area (Å²) in [5, 5.41) is 10.9. The SMILES string of the molecule is COC(=O)C1(O)CCCc2c1ccc1c2C(=O)C(=O)c2c(C)coc2-1. The predicted molar refractivity (Wildman–Crippen MR) is 86.4 cm³/mol. The van der Waals surface area contributed by atoms with Gasteiger partial charge < -0.3 is 14.3 Å². The summed E-state index contributed by atoms with van der Waals surface area (Å²) in [6.45, 7) is 1.72. The van der Waals surface area contributed by atoms with Gasteiger partial charge >= 0.3 is 5.97 Å². The molecule has 2 aromatic rings. The number of hydrogen-bond acceptors (Lipinski definition) is 6. The highest BCUT2D eigenvalue weighted by atomic mass is 16.5. The molecular weight excluding hydrogens is 324 g/mol. The van der Waals surface area contributed by atoms with Crippen LogP contribution in [0.25, 0.3) is 11.3 Å². The lowest BCUT2D eigenvalue weighted by atomic mass is 9.73. The number of methoxy groups -OCH3 is 1. The van der Waals surface area contributed by atoms with Crippen LogP contribution < -0.4 is 0 Å². The number of aryl methyl sites for hydroxylation is 1. The normalized spacial score (nSPS) is 21.4.